The van der Waals surface area contributed by atoms with Gasteiger partial charge in [0.25, 0.3) is 0 Å². The number of amides is 1. The van der Waals surface area contributed by atoms with Gasteiger partial charge < -0.3 is 14.8 Å². The maximum atomic E-state index is 12.3. The molecule has 0 spiro atoms. The molecule has 0 saturated heterocycles. The van der Waals surface area contributed by atoms with E-state index in [4.69, 9.17) is 32.7 Å². The summed E-state index contributed by atoms with van der Waals surface area (Å²) >= 11 is 12.0. The summed E-state index contributed by atoms with van der Waals surface area (Å²) in [6.07, 6.45) is 0.867. The summed E-state index contributed by atoms with van der Waals surface area (Å²) in [4.78, 5) is 14.4. The molecular formula is C20H22Cl2N2O3. The van der Waals surface area contributed by atoms with Crippen LogP contribution in [0.25, 0.3) is 0 Å². The van der Waals surface area contributed by atoms with Crippen LogP contribution in [0.5, 0.6) is 11.5 Å². The fourth-order valence-corrected chi connectivity index (χ4v) is 3.67. The molecule has 2 aromatic rings. The molecule has 144 valence electrons. The molecule has 1 amide bonds. The fourth-order valence-electron chi connectivity index (χ4n) is 3.19. The Morgan fingerprint density at radius 3 is 2.48 bits per heavy atom. The molecule has 1 aliphatic heterocycles. The van der Waals surface area contributed by atoms with Gasteiger partial charge in [0, 0.05) is 29.7 Å². The number of fused-ring (bicyclic) bond motifs is 1. The van der Waals surface area contributed by atoms with Crippen LogP contribution in [0.15, 0.2) is 30.3 Å². The van der Waals surface area contributed by atoms with Crippen molar-refractivity contribution < 1.29 is 14.3 Å². The van der Waals surface area contributed by atoms with E-state index >= 15 is 0 Å². The number of halogens is 2. The molecule has 0 atom stereocenters. The first-order valence-electron chi connectivity index (χ1n) is 8.67. The van der Waals surface area contributed by atoms with Crippen LogP contribution in [0, 0.1) is 0 Å². The third-order valence-electron chi connectivity index (χ3n) is 4.66. The third-order valence-corrected chi connectivity index (χ3v) is 5.24. The van der Waals surface area contributed by atoms with E-state index in [0.29, 0.717) is 35.4 Å². The number of rotatable bonds is 6. The van der Waals surface area contributed by atoms with Crippen LogP contribution in [-0.2, 0) is 24.3 Å². The average molecular weight is 409 g/mol. The molecule has 0 aromatic heterocycles. The van der Waals surface area contributed by atoms with Gasteiger partial charge in [-0.2, -0.15) is 0 Å². The van der Waals surface area contributed by atoms with Crippen molar-refractivity contribution in [3.8, 4) is 11.5 Å². The number of nitrogens with zero attached hydrogens (tertiary/aromatic N) is 1. The largest absolute Gasteiger partial charge is 0.493 e. The van der Waals surface area contributed by atoms with Crippen molar-refractivity contribution in [2.45, 2.75) is 19.5 Å². The van der Waals surface area contributed by atoms with Gasteiger partial charge in [-0.1, -0.05) is 29.3 Å². The Morgan fingerprint density at radius 1 is 1.11 bits per heavy atom. The molecule has 0 aliphatic carbocycles. The number of ether oxygens (including phenoxy) is 2. The van der Waals surface area contributed by atoms with Crippen molar-refractivity contribution in [2.75, 3.05) is 27.3 Å². The van der Waals surface area contributed by atoms with E-state index in [1.54, 1.807) is 26.4 Å². The molecule has 1 aliphatic rings. The van der Waals surface area contributed by atoms with Crippen LogP contribution in [0.1, 0.15) is 16.7 Å². The van der Waals surface area contributed by atoms with Gasteiger partial charge in [-0.15, -0.1) is 0 Å². The molecule has 1 N–H and O–H groups in total. The Hall–Kier alpha value is -1.95. The molecule has 5 nitrogen and oxygen atoms in total. The third kappa shape index (κ3) is 4.86. The second-order valence-electron chi connectivity index (χ2n) is 6.45. The molecule has 7 heteroatoms. The second-order valence-corrected chi connectivity index (χ2v) is 7.29. The molecule has 2 aromatic carbocycles. The summed E-state index contributed by atoms with van der Waals surface area (Å²) in [7, 11) is 3.26. The van der Waals surface area contributed by atoms with E-state index < -0.39 is 0 Å². The van der Waals surface area contributed by atoms with Crippen molar-refractivity contribution in [1.29, 1.82) is 0 Å². The van der Waals surface area contributed by atoms with Crippen molar-refractivity contribution >= 4 is 29.1 Å². The van der Waals surface area contributed by atoms with Gasteiger partial charge in [-0.25, -0.2) is 0 Å². The number of hydrogen-bond acceptors (Lipinski definition) is 4. The summed E-state index contributed by atoms with van der Waals surface area (Å²) in [5, 5.41) is 4.05. The zero-order valence-electron chi connectivity index (χ0n) is 15.4. The Labute approximate surface area is 169 Å². The number of methoxy groups -OCH3 is 2. The normalized spacial score (nSPS) is 13.8. The standard InChI is InChI=1S/C20H22Cl2N2O3/c1-26-18-7-13-5-6-24(11-15(13)8-19(18)27-2)12-20(25)23-10-14-3-4-16(21)9-17(14)22/h3-4,7-9H,5-6,10-12H2,1-2H3,(H,23,25). The highest BCUT2D eigenvalue weighted by atomic mass is 35.5. The van der Waals surface area contributed by atoms with Gasteiger partial charge in [-0.05, 0) is 47.4 Å². The van der Waals surface area contributed by atoms with E-state index in [9.17, 15) is 4.79 Å². The molecule has 1 heterocycles. The molecule has 27 heavy (non-hydrogen) atoms. The molecule has 0 saturated carbocycles. The number of nitrogens with one attached hydrogen (secondary N) is 1. The Bertz CT molecular complexity index is 842. The number of hydrogen-bond donors (Lipinski definition) is 1. The Kier molecular flexibility index (Phi) is 6.47. The van der Waals surface area contributed by atoms with Gasteiger partial charge in [0.05, 0.1) is 20.8 Å². The van der Waals surface area contributed by atoms with Crippen molar-refractivity contribution in [1.82, 2.24) is 10.2 Å². The predicted molar refractivity (Wildman–Crippen MR) is 107 cm³/mol. The summed E-state index contributed by atoms with van der Waals surface area (Å²) in [6, 6.07) is 9.27. The van der Waals surface area contributed by atoms with Crippen LogP contribution in [0.3, 0.4) is 0 Å². The topological polar surface area (TPSA) is 50.8 Å². The highest BCUT2D eigenvalue weighted by Crippen LogP contribution is 2.33. The SMILES string of the molecule is COc1cc2c(cc1OC)CN(CC(=O)NCc1ccc(Cl)cc1Cl)CC2. The van der Waals surface area contributed by atoms with Crippen molar-refractivity contribution in [3.05, 3.63) is 57.1 Å². The van der Waals surface area contributed by atoms with E-state index in [2.05, 4.69) is 10.2 Å². The van der Waals surface area contributed by atoms with E-state index in [-0.39, 0.29) is 5.91 Å². The van der Waals surface area contributed by atoms with Crippen molar-refractivity contribution in [3.63, 3.8) is 0 Å². The first-order valence-corrected chi connectivity index (χ1v) is 9.42. The number of carbonyl (C=O) groups is 1. The van der Waals surface area contributed by atoms with Crippen LogP contribution < -0.4 is 14.8 Å². The smallest absolute Gasteiger partial charge is 0.234 e. The second kappa shape index (κ2) is 8.83. The van der Waals surface area contributed by atoms with E-state index in [0.717, 1.165) is 29.8 Å². The lowest BCUT2D eigenvalue weighted by Crippen LogP contribution is -2.39. The maximum Gasteiger partial charge on any atom is 0.234 e. The first kappa shape index (κ1) is 19.8. The monoisotopic (exact) mass is 408 g/mol. The summed E-state index contributed by atoms with van der Waals surface area (Å²) in [5.41, 5.74) is 3.24. The van der Waals surface area contributed by atoms with Crippen molar-refractivity contribution in [2.24, 2.45) is 0 Å². The lowest BCUT2D eigenvalue weighted by molar-refractivity contribution is -0.122. The first-order chi connectivity index (χ1) is 13.0. The van der Waals surface area contributed by atoms with Crippen LogP contribution in [-0.4, -0.2) is 38.1 Å². The van der Waals surface area contributed by atoms with Gasteiger partial charge in [0.15, 0.2) is 11.5 Å². The highest BCUT2D eigenvalue weighted by molar-refractivity contribution is 6.35. The molecule has 0 unspecified atom stereocenters. The highest BCUT2D eigenvalue weighted by Gasteiger charge is 2.21. The summed E-state index contributed by atoms with van der Waals surface area (Å²) in [5.74, 6) is 1.41. The molecule has 3 rings (SSSR count). The van der Waals surface area contributed by atoms with Gasteiger partial charge in [0.2, 0.25) is 5.91 Å². The minimum Gasteiger partial charge on any atom is -0.493 e. The quantitative estimate of drug-likeness (QED) is 0.791. The predicted octanol–water partition coefficient (Wildman–Crippen LogP) is 3.69. The van der Waals surface area contributed by atoms with Gasteiger partial charge in [-0.3, -0.25) is 9.69 Å². The molecule has 0 fully saturated rings. The lowest BCUT2D eigenvalue weighted by atomic mass is 9.99. The lowest BCUT2D eigenvalue weighted by Gasteiger charge is -2.29. The van der Waals surface area contributed by atoms with E-state index in [1.165, 1.54) is 5.56 Å². The zero-order chi connectivity index (χ0) is 19.4. The Morgan fingerprint density at radius 2 is 1.81 bits per heavy atom. The van der Waals surface area contributed by atoms with Crippen LogP contribution in [0.2, 0.25) is 10.0 Å². The summed E-state index contributed by atoms with van der Waals surface area (Å²) in [6.45, 7) is 2.23. The Balaban J connectivity index is 1.58. The van der Waals surface area contributed by atoms with Crippen LogP contribution >= 0.6 is 23.2 Å². The molecule has 0 radical (unpaired) electrons. The van der Waals surface area contributed by atoms with E-state index in [1.807, 2.05) is 18.2 Å². The fraction of sp³-hybridized carbons (Fsp3) is 0.350. The molecular weight excluding hydrogens is 387 g/mol. The molecule has 0 bridgehead atoms. The van der Waals surface area contributed by atoms with Gasteiger partial charge in [0.1, 0.15) is 0 Å². The zero-order valence-corrected chi connectivity index (χ0v) is 16.9. The number of carbonyl (C=O) groups excluding carboxylic acids is 1. The minimum atomic E-state index is -0.0371. The number of benzene rings is 2. The van der Waals surface area contributed by atoms with Gasteiger partial charge >= 0.3 is 0 Å². The van der Waals surface area contributed by atoms with Crippen LogP contribution in [0.4, 0.5) is 0 Å². The average Bonchev–Trinajstić information content (AvgIpc) is 2.66. The minimum absolute atomic E-state index is 0.0371. The maximum absolute atomic E-state index is 12.3. The summed E-state index contributed by atoms with van der Waals surface area (Å²) < 4.78 is 10.7.